The summed E-state index contributed by atoms with van der Waals surface area (Å²) in [5, 5.41) is 2.74. The molecule has 5 nitrogen and oxygen atoms in total. The molecule has 3 aromatic carbocycles. The van der Waals surface area contributed by atoms with Gasteiger partial charge in [-0.15, -0.1) is 0 Å². The molecule has 0 aliphatic carbocycles. The molecule has 30 heavy (non-hydrogen) atoms. The van der Waals surface area contributed by atoms with Crippen molar-refractivity contribution in [3.05, 3.63) is 102 Å². The molecule has 3 aromatic rings. The van der Waals surface area contributed by atoms with E-state index in [-0.39, 0.29) is 13.0 Å². The monoisotopic (exact) mass is 406 g/mol. The number of rotatable bonds is 7. The van der Waals surface area contributed by atoms with Crippen LogP contribution in [0.15, 0.2) is 84.9 Å². The molecule has 2 amide bonds. The summed E-state index contributed by atoms with van der Waals surface area (Å²) in [4.78, 5) is 26.6. The van der Waals surface area contributed by atoms with Gasteiger partial charge in [0, 0.05) is 12.2 Å². The topological polar surface area (TPSA) is 58.6 Å². The molecular formula is C24H23FN2O3. The summed E-state index contributed by atoms with van der Waals surface area (Å²) in [6, 6.07) is 23.9. The Morgan fingerprint density at radius 1 is 0.933 bits per heavy atom. The molecule has 0 aliphatic heterocycles. The molecule has 0 saturated carbocycles. The molecule has 0 bridgehead atoms. The number of carbonyl (C=O) groups is 2. The van der Waals surface area contributed by atoms with Gasteiger partial charge >= 0.3 is 12.0 Å². The number of esters is 1. The van der Waals surface area contributed by atoms with E-state index in [9.17, 15) is 14.0 Å². The number of hydrogen-bond acceptors (Lipinski definition) is 3. The van der Waals surface area contributed by atoms with Gasteiger partial charge < -0.3 is 15.0 Å². The molecule has 0 spiro atoms. The summed E-state index contributed by atoms with van der Waals surface area (Å²) in [5.74, 6) is -0.866. The minimum atomic E-state index is -0.448. The van der Waals surface area contributed by atoms with Crippen molar-refractivity contribution < 1.29 is 18.7 Å². The first-order chi connectivity index (χ1) is 14.6. The molecule has 0 heterocycles. The maximum atomic E-state index is 13.6. The van der Waals surface area contributed by atoms with Gasteiger partial charge in [-0.2, -0.15) is 0 Å². The summed E-state index contributed by atoms with van der Waals surface area (Å²) in [6.07, 6.45) is 0.0310. The third-order valence-corrected chi connectivity index (χ3v) is 4.66. The molecule has 0 aliphatic rings. The van der Waals surface area contributed by atoms with Crippen LogP contribution in [0, 0.1) is 5.82 Å². The molecule has 0 fully saturated rings. The Balaban J connectivity index is 1.98. The Kier molecular flexibility index (Phi) is 7.16. The zero-order chi connectivity index (χ0) is 21.3. The highest BCUT2D eigenvalue weighted by molar-refractivity contribution is 5.90. The summed E-state index contributed by atoms with van der Waals surface area (Å²) in [7, 11) is 1.31. The Morgan fingerprint density at radius 2 is 1.53 bits per heavy atom. The van der Waals surface area contributed by atoms with Crippen molar-refractivity contribution in [1.29, 1.82) is 0 Å². The molecule has 6 heteroatoms. The number of urea groups is 1. The predicted molar refractivity (Wildman–Crippen MR) is 113 cm³/mol. The molecule has 0 aromatic heterocycles. The average molecular weight is 406 g/mol. The molecule has 3 rings (SSSR count). The van der Waals surface area contributed by atoms with E-state index in [0.29, 0.717) is 5.69 Å². The number of hydrogen-bond donors (Lipinski definition) is 1. The number of methoxy groups -OCH3 is 1. The zero-order valence-corrected chi connectivity index (χ0v) is 16.6. The van der Waals surface area contributed by atoms with Gasteiger partial charge in [0.1, 0.15) is 5.82 Å². The third-order valence-electron chi connectivity index (χ3n) is 4.66. The quantitative estimate of drug-likeness (QED) is 0.561. The van der Waals surface area contributed by atoms with Crippen LogP contribution in [0.2, 0.25) is 0 Å². The minimum absolute atomic E-state index is 0.0310. The number of carbonyl (C=O) groups excluding carboxylic acids is 2. The van der Waals surface area contributed by atoms with Crippen LogP contribution < -0.4 is 5.32 Å². The van der Waals surface area contributed by atoms with Crippen molar-refractivity contribution in [3.63, 3.8) is 0 Å². The van der Waals surface area contributed by atoms with Crippen molar-refractivity contribution in [2.75, 3.05) is 19.0 Å². The first-order valence-corrected chi connectivity index (χ1v) is 9.58. The second-order valence-electron chi connectivity index (χ2n) is 6.68. The average Bonchev–Trinajstić information content (AvgIpc) is 2.77. The van der Waals surface area contributed by atoms with Gasteiger partial charge in [-0.3, -0.25) is 4.79 Å². The van der Waals surface area contributed by atoms with Crippen molar-refractivity contribution in [1.82, 2.24) is 4.90 Å². The van der Waals surface area contributed by atoms with Gasteiger partial charge in [0.15, 0.2) is 0 Å². The smallest absolute Gasteiger partial charge is 0.322 e. The van der Waals surface area contributed by atoms with E-state index in [1.54, 1.807) is 11.0 Å². The van der Waals surface area contributed by atoms with E-state index in [1.807, 2.05) is 60.7 Å². The predicted octanol–water partition coefficient (Wildman–Crippen LogP) is 5.01. The lowest BCUT2D eigenvalue weighted by molar-refractivity contribution is -0.140. The SMILES string of the molecule is COC(=O)CCN(C(=O)Nc1cccc(F)c1)C(c1ccccc1)c1ccccc1. The lowest BCUT2D eigenvalue weighted by Gasteiger charge is -2.32. The van der Waals surface area contributed by atoms with E-state index >= 15 is 0 Å². The van der Waals surface area contributed by atoms with Gasteiger partial charge in [0.2, 0.25) is 0 Å². The Morgan fingerprint density at radius 3 is 2.07 bits per heavy atom. The Bertz CT molecular complexity index is 941. The standard InChI is InChI=1S/C24H23FN2O3/c1-30-22(28)15-16-27(24(29)26-21-14-8-13-20(25)17-21)23(18-9-4-2-5-10-18)19-11-6-3-7-12-19/h2-14,17,23H,15-16H2,1H3,(H,26,29). The Labute approximate surface area is 175 Å². The van der Waals surface area contributed by atoms with E-state index in [1.165, 1.54) is 25.3 Å². The highest BCUT2D eigenvalue weighted by Gasteiger charge is 2.27. The lowest BCUT2D eigenvalue weighted by Crippen LogP contribution is -2.40. The first-order valence-electron chi connectivity index (χ1n) is 9.58. The van der Waals surface area contributed by atoms with Crippen LogP contribution in [0.3, 0.4) is 0 Å². The van der Waals surface area contributed by atoms with Crippen molar-refractivity contribution in [2.45, 2.75) is 12.5 Å². The summed E-state index contributed by atoms with van der Waals surface area (Å²) < 4.78 is 18.3. The highest BCUT2D eigenvalue weighted by Crippen LogP contribution is 2.29. The van der Waals surface area contributed by atoms with Crippen molar-refractivity contribution in [2.24, 2.45) is 0 Å². The second-order valence-corrected chi connectivity index (χ2v) is 6.68. The van der Waals surface area contributed by atoms with Gasteiger partial charge in [0.05, 0.1) is 19.6 Å². The fourth-order valence-corrected chi connectivity index (χ4v) is 3.25. The summed E-state index contributed by atoms with van der Waals surface area (Å²) >= 11 is 0. The number of anilines is 1. The number of benzene rings is 3. The van der Waals surface area contributed by atoms with Gasteiger partial charge in [0.25, 0.3) is 0 Å². The maximum Gasteiger partial charge on any atom is 0.322 e. The second kappa shape index (κ2) is 10.2. The number of amides is 2. The fourth-order valence-electron chi connectivity index (χ4n) is 3.25. The molecule has 0 atom stereocenters. The number of ether oxygens (including phenoxy) is 1. The van der Waals surface area contributed by atoms with Crippen LogP contribution in [-0.2, 0) is 9.53 Å². The lowest BCUT2D eigenvalue weighted by atomic mass is 9.97. The van der Waals surface area contributed by atoms with Crippen LogP contribution in [0.1, 0.15) is 23.6 Å². The summed E-state index contributed by atoms with van der Waals surface area (Å²) in [5.41, 5.74) is 2.12. The first kappa shape index (κ1) is 21.0. The largest absolute Gasteiger partial charge is 0.469 e. The number of nitrogens with one attached hydrogen (secondary N) is 1. The van der Waals surface area contributed by atoms with Gasteiger partial charge in [-0.1, -0.05) is 66.7 Å². The Hall–Kier alpha value is -3.67. The van der Waals surface area contributed by atoms with E-state index in [0.717, 1.165) is 11.1 Å². The summed E-state index contributed by atoms with van der Waals surface area (Å²) in [6.45, 7) is 0.127. The zero-order valence-electron chi connectivity index (χ0n) is 16.6. The van der Waals surface area contributed by atoms with Crippen LogP contribution >= 0.6 is 0 Å². The molecule has 0 saturated heterocycles. The van der Waals surface area contributed by atoms with Crippen LogP contribution in [0.5, 0.6) is 0 Å². The fraction of sp³-hybridized carbons (Fsp3) is 0.167. The minimum Gasteiger partial charge on any atom is -0.469 e. The maximum absolute atomic E-state index is 13.6. The van der Waals surface area contributed by atoms with E-state index < -0.39 is 23.9 Å². The molecule has 0 radical (unpaired) electrons. The van der Waals surface area contributed by atoms with Gasteiger partial charge in [-0.25, -0.2) is 9.18 Å². The normalized spacial score (nSPS) is 10.5. The van der Waals surface area contributed by atoms with Crippen LogP contribution in [0.25, 0.3) is 0 Å². The van der Waals surface area contributed by atoms with Crippen LogP contribution in [-0.4, -0.2) is 30.6 Å². The molecule has 0 unspecified atom stereocenters. The molecule has 1 N–H and O–H groups in total. The van der Waals surface area contributed by atoms with E-state index in [4.69, 9.17) is 4.74 Å². The number of halogens is 1. The third kappa shape index (κ3) is 5.44. The highest BCUT2D eigenvalue weighted by atomic mass is 19.1. The van der Waals surface area contributed by atoms with E-state index in [2.05, 4.69) is 5.32 Å². The molecule has 154 valence electrons. The van der Waals surface area contributed by atoms with Crippen LogP contribution in [0.4, 0.5) is 14.9 Å². The van der Waals surface area contributed by atoms with Crippen molar-refractivity contribution in [3.8, 4) is 0 Å². The number of nitrogens with zero attached hydrogens (tertiary/aromatic N) is 1. The van der Waals surface area contributed by atoms with Gasteiger partial charge in [-0.05, 0) is 29.3 Å². The molecular weight excluding hydrogens is 383 g/mol. The van der Waals surface area contributed by atoms with Crippen molar-refractivity contribution >= 4 is 17.7 Å².